The molecular formula is C17H19ClN4O2. The quantitative estimate of drug-likeness (QED) is 0.828. The SMILES string of the molecule is Cc1cc(=O)c(C(=O)N2CCN(C)CC2)nn1-c1ccc(Cl)cc1. The van der Waals surface area contributed by atoms with E-state index in [1.54, 1.807) is 40.8 Å². The Bertz CT molecular complexity index is 808. The van der Waals surface area contributed by atoms with Crippen LogP contribution in [-0.4, -0.2) is 58.7 Å². The first-order valence-corrected chi connectivity index (χ1v) is 8.18. The minimum absolute atomic E-state index is 0.0416. The van der Waals surface area contributed by atoms with Crippen molar-refractivity contribution in [1.82, 2.24) is 19.6 Å². The highest BCUT2D eigenvalue weighted by Gasteiger charge is 2.24. The van der Waals surface area contributed by atoms with Crippen LogP contribution in [-0.2, 0) is 0 Å². The smallest absolute Gasteiger partial charge is 0.278 e. The van der Waals surface area contributed by atoms with Crippen molar-refractivity contribution < 1.29 is 4.79 Å². The van der Waals surface area contributed by atoms with E-state index in [-0.39, 0.29) is 17.0 Å². The second-order valence-corrected chi connectivity index (χ2v) is 6.42. The van der Waals surface area contributed by atoms with Crippen molar-refractivity contribution in [2.75, 3.05) is 33.2 Å². The maximum atomic E-state index is 12.7. The number of piperazine rings is 1. The molecule has 0 aliphatic carbocycles. The third kappa shape index (κ3) is 3.34. The zero-order valence-corrected chi connectivity index (χ0v) is 14.5. The van der Waals surface area contributed by atoms with Crippen LogP contribution in [0.3, 0.4) is 0 Å². The van der Waals surface area contributed by atoms with Crippen molar-refractivity contribution >= 4 is 17.5 Å². The largest absolute Gasteiger partial charge is 0.335 e. The summed E-state index contributed by atoms with van der Waals surface area (Å²) in [6.45, 7) is 4.58. The van der Waals surface area contributed by atoms with E-state index in [1.165, 1.54) is 6.07 Å². The molecule has 1 amide bonds. The van der Waals surface area contributed by atoms with Crippen LogP contribution in [0.2, 0.25) is 5.02 Å². The van der Waals surface area contributed by atoms with Gasteiger partial charge < -0.3 is 9.80 Å². The molecule has 1 fully saturated rings. The second kappa shape index (κ2) is 6.75. The number of carbonyl (C=O) groups excluding carboxylic acids is 1. The first kappa shape index (κ1) is 16.7. The van der Waals surface area contributed by atoms with Crippen molar-refractivity contribution in [3.8, 4) is 5.69 Å². The fourth-order valence-corrected chi connectivity index (χ4v) is 2.82. The van der Waals surface area contributed by atoms with E-state index in [2.05, 4.69) is 10.00 Å². The molecule has 0 unspecified atom stereocenters. The van der Waals surface area contributed by atoms with Crippen LogP contribution in [0.5, 0.6) is 0 Å². The molecule has 7 heteroatoms. The predicted molar refractivity (Wildman–Crippen MR) is 93.0 cm³/mol. The van der Waals surface area contributed by atoms with Crippen molar-refractivity contribution in [1.29, 1.82) is 0 Å². The van der Waals surface area contributed by atoms with E-state index in [4.69, 9.17) is 11.6 Å². The third-order valence-electron chi connectivity index (χ3n) is 4.17. The van der Waals surface area contributed by atoms with Gasteiger partial charge in [-0.2, -0.15) is 5.10 Å². The minimum atomic E-state index is -0.346. The molecule has 1 aliphatic heterocycles. The highest BCUT2D eigenvalue weighted by Crippen LogP contribution is 2.14. The summed E-state index contributed by atoms with van der Waals surface area (Å²) in [5.41, 5.74) is 1.03. The van der Waals surface area contributed by atoms with E-state index < -0.39 is 0 Å². The van der Waals surface area contributed by atoms with Gasteiger partial charge in [0.25, 0.3) is 5.91 Å². The van der Waals surface area contributed by atoms with Crippen LogP contribution in [0.1, 0.15) is 16.2 Å². The summed E-state index contributed by atoms with van der Waals surface area (Å²) in [6.07, 6.45) is 0. The van der Waals surface area contributed by atoms with Crippen LogP contribution >= 0.6 is 11.6 Å². The van der Waals surface area contributed by atoms with Gasteiger partial charge in [-0.1, -0.05) is 11.6 Å². The number of hydrogen-bond donors (Lipinski definition) is 0. The molecule has 0 saturated carbocycles. The number of carbonyl (C=O) groups is 1. The zero-order valence-electron chi connectivity index (χ0n) is 13.7. The molecule has 3 rings (SSSR count). The molecule has 1 aliphatic rings. The molecule has 0 radical (unpaired) electrons. The standard InChI is InChI=1S/C17H19ClN4O2/c1-12-11-15(23)16(17(24)21-9-7-20(2)8-10-21)19-22(12)14-5-3-13(18)4-6-14/h3-6,11H,7-10H2,1-2H3. The van der Waals surface area contributed by atoms with Crippen molar-refractivity contribution in [2.45, 2.75) is 6.92 Å². The Hall–Kier alpha value is -2.18. The number of nitrogens with zero attached hydrogens (tertiary/aromatic N) is 4. The lowest BCUT2D eigenvalue weighted by Gasteiger charge is -2.32. The Kier molecular flexibility index (Phi) is 4.69. The Labute approximate surface area is 145 Å². The number of aryl methyl sites for hydroxylation is 1. The van der Waals surface area contributed by atoms with Gasteiger partial charge in [-0.15, -0.1) is 0 Å². The lowest BCUT2D eigenvalue weighted by atomic mass is 10.2. The third-order valence-corrected chi connectivity index (χ3v) is 4.42. The van der Waals surface area contributed by atoms with Gasteiger partial charge in [-0.25, -0.2) is 4.68 Å². The topological polar surface area (TPSA) is 58.4 Å². The average Bonchev–Trinajstić information content (AvgIpc) is 2.56. The zero-order chi connectivity index (χ0) is 17.3. The Morgan fingerprint density at radius 2 is 1.75 bits per heavy atom. The summed E-state index contributed by atoms with van der Waals surface area (Å²) in [5, 5.41) is 4.94. The van der Waals surface area contributed by atoms with Crippen LogP contribution in [0.15, 0.2) is 35.1 Å². The normalized spacial score (nSPS) is 15.5. The fraction of sp³-hybridized carbons (Fsp3) is 0.353. The summed E-state index contributed by atoms with van der Waals surface area (Å²) in [6, 6.07) is 8.55. The molecule has 6 nitrogen and oxygen atoms in total. The molecule has 0 atom stereocenters. The number of rotatable bonds is 2. The number of halogens is 1. The molecule has 0 spiro atoms. The van der Waals surface area contributed by atoms with E-state index in [9.17, 15) is 9.59 Å². The van der Waals surface area contributed by atoms with Crippen molar-refractivity contribution in [3.63, 3.8) is 0 Å². The summed E-state index contributed by atoms with van der Waals surface area (Å²) in [7, 11) is 2.01. The molecule has 1 aromatic carbocycles. The second-order valence-electron chi connectivity index (χ2n) is 5.98. The summed E-state index contributed by atoms with van der Waals surface area (Å²) in [4.78, 5) is 28.8. The number of aromatic nitrogens is 2. The van der Waals surface area contributed by atoms with E-state index in [1.807, 2.05) is 7.05 Å². The highest BCUT2D eigenvalue weighted by atomic mass is 35.5. The Balaban J connectivity index is 1.96. The van der Waals surface area contributed by atoms with Gasteiger partial charge in [-0.05, 0) is 38.2 Å². The molecule has 0 bridgehead atoms. The molecule has 126 valence electrons. The van der Waals surface area contributed by atoms with Gasteiger partial charge >= 0.3 is 0 Å². The molecule has 0 N–H and O–H groups in total. The molecular weight excluding hydrogens is 328 g/mol. The molecule has 2 aromatic rings. The molecule has 1 saturated heterocycles. The first-order valence-electron chi connectivity index (χ1n) is 7.80. The molecule has 1 aromatic heterocycles. The van der Waals surface area contributed by atoms with E-state index in [0.29, 0.717) is 23.8 Å². The molecule has 2 heterocycles. The predicted octanol–water partition coefficient (Wildman–Crippen LogP) is 1.58. The van der Waals surface area contributed by atoms with Crippen molar-refractivity contribution in [2.24, 2.45) is 0 Å². The van der Waals surface area contributed by atoms with E-state index in [0.717, 1.165) is 18.8 Å². The maximum Gasteiger partial charge on any atom is 0.278 e. The summed E-state index contributed by atoms with van der Waals surface area (Å²) >= 11 is 5.91. The van der Waals surface area contributed by atoms with Crippen LogP contribution in [0, 0.1) is 6.92 Å². The van der Waals surface area contributed by atoms with E-state index >= 15 is 0 Å². The lowest BCUT2D eigenvalue weighted by Crippen LogP contribution is -2.48. The van der Waals surface area contributed by atoms with Gasteiger partial charge in [0.15, 0.2) is 5.69 Å². The van der Waals surface area contributed by atoms with Crippen molar-refractivity contribution in [3.05, 3.63) is 57.0 Å². The lowest BCUT2D eigenvalue weighted by molar-refractivity contribution is 0.0655. The van der Waals surface area contributed by atoms with Gasteiger partial charge in [0.1, 0.15) is 0 Å². The van der Waals surface area contributed by atoms with Crippen LogP contribution in [0.25, 0.3) is 5.69 Å². The minimum Gasteiger partial charge on any atom is -0.335 e. The number of amides is 1. The first-order chi connectivity index (χ1) is 11.5. The summed E-state index contributed by atoms with van der Waals surface area (Å²) in [5.74, 6) is -0.309. The average molecular weight is 347 g/mol. The Morgan fingerprint density at radius 1 is 1.12 bits per heavy atom. The molecule has 24 heavy (non-hydrogen) atoms. The maximum absolute atomic E-state index is 12.7. The van der Waals surface area contributed by atoms with Gasteiger partial charge in [0, 0.05) is 43.0 Å². The van der Waals surface area contributed by atoms with Crippen LogP contribution in [0.4, 0.5) is 0 Å². The van der Waals surface area contributed by atoms with Crippen LogP contribution < -0.4 is 5.43 Å². The Morgan fingerprint density at radius 3 is 2.38 bits per heavy atom. The number of benzene rings is 1. The highest BCUT2D eigenvalue weighted by molar-refractivity contribution is 6.30. The fourth-order valence-electron chi connectivity index (χ4n) is 2.70. The van der Waals surface area contributed by atoms with Gasteiger partial charge in [0.2, 0.25) is 5.43 Å². The number of hydrogen-bond acceptors (Lipinski definition) is 4. The summed E-state index contributed by atoms with van der Waals surface area (Å²) < 4.78 is 1.60. The van der Waals surface area contributed by atoms with Gasteiger partial charge in [-0.3, -0.25) is 9.59 Å². The number of likely N-dealkylation sites (N-methyl/N-ethyl adjacent to an activating group) is 1. The monoisotopic (exact) mass is 346 g/mol. The van der Waals surface area contributed by atoms with Gasteiger partial charge in [0.05, 0.1) is 5.69 Å².